The van der Waals surface area contributed by atoms with Crippen molar-refractivity contribution >= 4 is 5.71 Å². The second-order valence-corrected chi connectivity index (χ2v) is 4.98. The Kier molecular flexibility index (Phi) is 7.55. The van der Waals surface area contributed by atoms with E-state index in [2.05, 4.69) is 12.1 Å². The smallest absolute Gasteiger partial charge is 0.128 e. The number of hydrogen-bond donors (Lipinski definition) is 2. The van der Waals surface area contributed by atoms with Gasteiger partial charge in [0.05, 0.1) is 12.3 Å². The van der Waals surface area contributed by atoms with Gasteiger partial charge in [-0.1, -0.05) is 44.2 Å². The van der Waals surface area contributed by atoms with Crippen LogP contribution < -0.4 is 4.74 Å². The van der Waals surface area contributed by atoms with Crippen molar-refractivity contribution in [2.24, 2.45) is 5.16 Å². The summed E-state index contributed by atoms with van der Waals surface area (Å²) >= 11 is 0. The van der Waals surface area contributed by atoms with Crippen LogP contribution in [0.1, 0.15) is 57.9 Å². The van der Waals surface area contributed by atoms with Gasteiger partial charge in [0.15, 0.2) is 0 Å². The van der Waals surface area contributed by atoms with E-state index >= 15 is 0 Å². The maximum atomic E-state index is 9.82. The molecule has 0 saturated heterocycles. The molecule has 0 atom stereocenters. The van der Waals surface area contributed by atoms with Crippen LogP contribution in [0.15, 0.2) is 23.4 Å². The van der Waals surface area contributed by atoms with E-state index in [0.29, 0.717) is 23.6 Å². The third-order valence-corrected chi connectivity index (χ3v) is 3.28. The Labute approximate surface area is 121 Å². The average Bonchev–Trinajstić information content (AvgIpc) is 2.45. The first-order valence-electron chi connectivity index (χ1n) is 7.34. The maximum absolute atomic E-state index is 9.82. The van der Waals surface area contributed by atoms with Crippen LogP contribution in [0.2, 0.25) is 0 Å². The Morgan fingerprint density at radius 2 is 1.85 bits per heavy atom. The molecule has 1 aromatic carbocycles. The van der Waals surface area contributed by atoms with Crippen LogP contribution >= 0.6 is 0 Å². The molecular weight excluding hydrogens is 254 g/mol. The van der Waals surface area contributed by atoms with E-state index in [0.717, 1.165) is 6.42 Å². The lowest BCUT2D eigenvalue weighted by Gasteiger charge is -2.08. The molecule has 0 spiro atoms. The fraction of sp³-hybridized carbons (Fsp3) is 0.562. The summed E-state index contributed by atoms with van der Waals surface area (Å²) in [5, 5.41) is 21.6. The van der Waals surface area contributed by atoms with Gasteiger partial charge in [0.1, 0.15) is 11.5 Å². The number of phenols is 1. The molecule has 0 aromatic heterocycles. The molecule has 0 amide bonds. The molecule has 0 radical (unpaired) electrons. The minimum absolute atomic E-state index is 0.0701. The Morgan fingerprint density at radius 3 is 2.50 bits per heavy atom. The average molecular weight is 279 g/mol. The van der Waals surface area contributed by atoms with Crippen molar-refractivity contribution in [2.45, 2.75) is 52.4 Å². The number of aromatic hydroxyl groups is 1. The number of benzene rings is 1. The van der Waals surface area contributed by atoms with E-state index in [1.165, 1.54) is 32.1 Å². The molecule has 4 heteroatoms. The van der Waals surface area contributed by atoms with Crippen LogP contribution in [0.5, 0.6) is 11.5 Å². The van der Waals surface area contributed by atoms with Crippen molar-refractivity contribution in [1.82, 2.24) is 0 Å². The lowest BCUT2D eigenvalue weighted by molar-refractivity contribution is 0.302. The van der Waals surface area contributed by atoms with Crippen LogP contribution in [0.25, 0.3) is 0 Å². The van der Waals surface area contributed by atoms with Gasteiger partial charge in [0, 0.05) is 11.6 Å². The van der Waals surface area contributed by atoms with Crippen LogP contribution in [-0.4, -0.2) is 22.6 Å². The largest absolute Gasteiger partial charge is 0.507 e. The van der Waals surface area contributed by atoms with Gasteiger partial charge >= 0.3 is 0 Å². The molecule has 1 aromatic rings. The van der Waals surface area contributed by atoms with Gasteiger partial charge in [-0.15, -0.1) is 0 Å². The van der Waals surface area contributed by atoms with Gasteiger partial charge < -0.3 is 15.1 Å². The van der Waals surface area contributed by atoms with E-state index in [9.17, 15) is 5.11 Å². The summed E-state index contributed by atoms with van der Waals surface area (Å²) < 4.78 is 5.60. The van der Waals surface area contributed by atoms with Crippen molar-refractivity contribution in [3.63, 3.8) is 0 Å². The van der Waals surface area contributed by atoms with E-state index in [-0.39, 0.29) is 5.75 Å². The van der Waals surface area contributed by atoms with Crippen molar-refractivity contribution in [3.8, 4) is 11.5 Å². The predicted molar refractivity (Wildman–Crippen MR) is 81.0 cm³/mol. The summed E-state index contributed by atoms with van der Waals surface area (Å²) in [6.45, 7) is 4.51. The SMILES string of the molecule is CCCCCCCCOc1ccc(/C(C)=N/O)c(O)c1. The van der Waals surface area contributed by atoms with Crippen molar-refractivity contribution in [3.05, 3.63) is 23.8 Å². The molecule has 0 aliphatic heterocycles. The number of rotatable bonds is 9. The normalized spacial score (nSPS) is 11.6. The number of hydrogen-bond acceptors (Lipinski definition) is 4. The monoisotopic (exact) mass is 279 g/mol. The lowest BCUT2D eigenvalue weighted by atomic mass is 10.1. The van der Waals surface area contributed by atoms with E-state index in [1.807, 2.05) is 0 Å². The topological polar surface area (TPSA) is 62.0 Å². The van der Waals surface area contributed by atoms with E-state index in [1.54, 1.807) is 25.1 Å². The number of nitrogens with zero attached hydrogens (tertiary/aromatic N) is 1. The first kappa shape index (κ1) is 16.3. The summed E-state index contributed by atoms with van der Waals surface area (Å²) in [5.41, 5.74) is 0.893. The fourth-order valence-electron chi connectivity index (χ4n) is 2.03. The summed E-state index contributed by atoms with van der Waals surface area (Å²) in [7, 11) is 0. The highest BCUT2D eigenvalue weighted by atomic mass is 16.5. The summed E-state index contributed by atoms with van der Waals surface area (Å²) in [6.07, 6.45) is 7.34. The Morgan fingerprint density at radius 1 is 1.15 bits per heavy atom. The second-order valence-electron chi connectivity index (χ2n) is 4.98. The highest BCUT2D eigenvalue weighted by Crippen LogP contribution is 2.24. The van der Waals surface area contributed by atoms with Gasteiger partial charge in [-0.25, -0.2) is 0 Å². The zero-order valence-corrected chi connectivity index (χ0v) is 12.4. The maximum Gasteiger partial charge on any atom is 0.128 e. The number of ether oxygens (including phenoxy) is 1. The zero-order valence-electron chi connectivity index (χ0n) is 12.4. The lowest BCUT2D eigenvalue weighted by Crippen LogP contribution is -1.99. The van der Waals surface area contributed by atoms with Crippen LogP contribution in [0.3, 0.4) is 0 Å². The van der Waals surface area contributed by atoms with Crippen molar-refractivity contribution in [2.75, 3.05) is 6.61 Å². The zero-order chi connectivity index (χ0) is 14.8. The van der Waals surface area contributed by atoms with Crippen LogP contribution in [0.4, 0.5) is 0 Å². The van der Waals surface area contributed by atoms with Gasteiger partial charge in [0.25, 0.3) is 0 Å². The van der Waals surface area contributed by atoms with Crippen molar-refractivity contribution < 1.29 is 15.1 Å². The van der Waals surface area contributed by atoms with Gasteiger partial charge in [-0.3, -0.25) is 0 Å². The van der Waals surface area contributed by atoms with Crippen LogP contribution in [-0.2, 0) is 0 Å². The number of unbranched alkanes of at least 4 members (excludes halogenated alkanes) is 5. The molecule has 0 fully saturated rings. The Balaban J connectivity index is 2.33. The molecule has 1 rings (SSSR count). The van der Waals surface area contributed by atoms with Gasteiger partial charge in [-0.2, -0.15) is 0 Å². The molecule has 4 nitrogen and oxygen atoms in total. The Hall–Kier alpha value is -1.71. The number of oxime groups is 1. The highest BCUT2D eigenvalue weighted by molar-refractivity contribution is 6.00. The second kappa shape index (κ2) is 9.23. The molecule has 0 bridgehead atoms. The standard InChI is InChI=1S/C16H25NO3/c1-3-4-5-6-7-8-11-20-14-9-10-15(13(2)17-19)16(18)12-14/h9-10,12,18-19H,3-8,11H2,1-2H3/b17-13+. The molecule has 20 heavy (non-hydrogen) atoms. The molecule has 112 valence electrons. The first-order valence-corrected chi connectivity index (χ1v) is 7.34. The fourth-order valence-corrected chi connectivity index (χ4v) is 2.03. The summed E-state index contributed by atoms with van der Waals surface area (Å²) in [4.78, 5) is 0. The van der Waals surface area contributed by atoms with Gasteiger partial charge in [-0.05, 0) is 25.5 Å². The van der Waals surface area contributed by atoms with E-state index in [4.69, 9.17) is 9.94 Å². The molecule has 2 N–H and O–H groups in total. The molecule has 0 heterocycles. The van der Waals surface area contributed by atoms with Crippen molar-refractivity contribution in [1.29, 1.82) is 0 Å². The summed E-state index contributed by atoms with van der Waals surface area (Å²) in [6, 6.07) is 5.03. The number of phenolic OH excluding ortho intramolecular Hbond substituents is 1. The van der Waals surface area contributed by atoms with Crippen LogP contribution in [0, 0.1) is 0 Å². The third kappa shape index (κ3) is 5.51. The quantitative estimate of drug-likeness (QED) is 0.306. The molecule has 0 aliphatic carbocycles. The minimum atomic E-state index is 0.0701. The molecule has 0 saturated carbocycles. The predicted octanol–water partition coefficient (Wildman–Crippen LogP) is 4.33. The van der Waals surface area contributed by atoms with E-state index < -0.39 is 0 Å². The minimum Gasteiger partial charge on any atom is -0.507 e. The molecule has 0 unspecified atom stereocenters. The Bertz CT molecular complexity index is 430. The summed E-state index contributed by atoms with van der Waals surface area (Å²) in [5.74, 6) is 0.714. The first-order chi connectivity index (χ1) is 9.69. The highest BCUT2D eigenvalue weighted by Gasteiger charge is 2.06. The third-order valence-electron chi connectivity index (χ3n) is 3.28. The molecular formula is C16H25NO3. The van der Waals surface area contributed by atoms with Gasteiger partial charge in [0.2, 0.25) is 0 Å². The molecule has 0 aliphatic rings.